The van der Waals surface area contributed by atoms with E-state index in [0.717, 1.165) is 0 Å². The van der Waals surface area contributed by atoms with Crippen LogP contribution in [-0.4, -0.2) is 5.11 Å². The summed E-state index contributed by atoms with van der Waals surface area (Å²) in [5.74, 6) is 2.28. The first-order valence-corrected chi connectivity index (χ1v) is 8.37. The van der Waals surface area contributed by atoms with Crippen LogP contribution in [0, 0.1) is 12.8 Å². The number of hydrogen-bond acceptors (Lipinski definition) is 1. The lowest BCUT2D eigenvalue weighted by molar-refractivity contribution is 0.361. The van der Waals surface area contributed by atoms with Gasteiger partial charge in [0.25, 0.3) is 0 Å². The standard InChI is InChI=1S/C20H30O/c1-13(2)7-6-8-15(4)17-10-9-16(5)20-18(17)11-14(3)12-19(20)21/h7,11-12,15-17,21H,6,8-10H2,1-5H3/t15-,16+,17?/m0/s1. The molecule has 0 spiro atoms. The van der Waals surface area contributed by atoms with Crippen molar-refractivity contribution in [2.75, 3.05) is 0 Å². The highest BCUT2D eigenvalue weighted by molar-refractivity contribution is 5.48. The Morgan fingerprint density at radius 2 is 2.05 bits per heavy atom. The van der Waals surface area contributed by atoms with Gasteiger partial charge in [0.2, 0.25) is 0 Å². The van der Waals surface area contributed by atoms with Crippen LogP contribution in [0.4, 0.5) is 0 Å². The van der Waals surface area contributed by atoms with Gasteiger partial charge in [0, 0.05) is 5.56 Å². The number of fused-ring (bicyclic) bond motifs is 1. The molecular weight excluding hydrogens is 256 g/mol. The maximum absolute atomic E-state index is 10.3. The van der Waals surface area contributed by atoms with Gasteiger partial charge in [-0.3, -0.25) is 0 Å². The van der Waals surface area contributed by atoms with Crippen LogP contribution in [0.25, 0.3) is 0 Å². The third kappa shape index (κ3) is 3.70. The van der Waals surface area contributed by atoms with Crippen LogP contribution in [0.1, 0.15) is 81.9 Å². The zero-order valence-corrected chi connectivity index (χ0v) is 14.2. The molecule has 1 aromatic rings. The van der Waals surface area contributed by atoms with Gasteiger partial charge < -0.3 is 5.11 Å². The van der Waals surface area contributed by atoms with E-state index in [-0.39, 0.29) is 0 Å². The lowest BCUT2D eigenvalue weighted by Gasteiger charge is -2.34. The second kappa shape index (κ2) is 6.68. The average molecular weight is 286 g/mol. The van der Waals surface area contributed by atoms with Crippen LogP contribution in [0.2, 0.25) is 0 Å². The molecule has 0 bridgehead atoms. The number of benzene rings is 1. The smallest absolute Gasteiger partial charge is 0.119 e. The summed E-state index contributed by atoms with van der Waals surface area (Å²) >= 11 is 0. The third-order valence-corrected chi connectivity index (χ3v) is 5.00. The first-order valence-electron chi connectivity index (χ1n) is 8.37. The molecular formula is C20H30O. The molecule has 1 unspecified atom stereocenters. The minimum atomic E-state index is 0.488. The fourth-order valence-corrected chi connectivity index (χ4v) is 3.81. The van der Waals surface area contributed by atoms with E-state index in [1.54, 1.807) is 0 Å². The Labute approximate surface area is 130 Å². The summed E-state index contributed by atoms with van der Waals surface area (Å²) in [5.41, 5.74) is 5.22. The summed E-state index contributed by atoms with van der Waals surface area (Å²) < 4.78 is 0. The van der Waals surface area contributed by atoms with Crippen molar-refractivity contribution < 1.29 is 5.11 Å². The van der Waals surface area contributed by atoms with Crippen molar-refractivity contribution >= 4 is 0 Å². The minimum Gasteiger partial charge on any atom is -0.508 e. The second-order valence-electron chi connectivity index (χ2n) is 7.21. The summed E-state index contributed by atoms with van der Waals surface area (Å²) in [5, 5.41) is 10.3. The molecule has 0 saturated carbocycles. The van der Waals surface area contributed by atoms with Gasteiger partial charge in [-0.1, -0.05) is 31.6 Å². The highest BCUT2D eigenvalue weighted by Gasteiger charge is 2.30. The largest absolute Gasteiger partial charge is 0.508 e. The zero-order chi connectivity index (χ0) is 15.6. The van der Waals surface area contributed by atoms with E-state index in [4.69, 9.17) is 0 Å². The van der Waals surface area contributed by atoms with Crippen molar-refractivity contribution in [1.82, 2.24) is 0 Å². The molecule has 0 heterocycles. The van der Waals surface area contributed by atoms with Crippen LogP contribution >= 0.6 is 0 Å². The summed E-state index contributed by atoms with van der Waals surface area (Å²) in [6.07, 6.45) is 7.20. The number of hydrogen-bond donors (Lipinski definition) is 1. The van der Waals surface area contributed by atoms with Crippen molar-refractivity contribution in [1.29, 1.82) is 0 Å². The maximum atomic E-state index is 10.3. The summed E-state index contributed by atoms with van der Waals surface area (Å²) in [4.78, 5) is 0. The number of aromatic hydroxyl groups is 1. The van der Waals surface area contributed by atoms with Crippen molar-refractivity contribution in [3.8, 4) is 5.75 Å². The van der Waals surface area contributed by atoms with E-state index >= 15 is 0 Å². The average Bonchev–Trinajstić information content (AvgIpc) is 2.37. The second-order valence-corrected chi connectivity index (χ2v) is 7.21. The van der Waals surface area contributed by atoms with Gasteiger partial charge in [-0.15, -0.1) is 0 Å². The predicted molar refractivity (Wildman–Crippen MR) is 91.1 cm³/mol. The van der Waals surface area contributed by atoms with E-state index in [1.807, 2.05) is 6.07 Å². The Balaban J connectivity index is 2.24. The van der Waals surface area contributed by atoms with E-state index < -0.39 is 0 Å². The summed E-state index contributed by atoms with van der Waals surface area (Å²) in [7, 11) is 0. The fraction of sp³-hybridized carbons (Fsp3) is 0.600. The quantitative estimate of drug-likeness (QED) is 0.666. The number of rotatable bonds is 4. The van der Waals surface area contributed by atoms with E-state index in [2.05, 4.69) is 46.8 Å². The molecule has 0 fully saturated rings. The number of aryl methyl sites for hydroxylation is 1. The van der Waals surface area contributed by atoms with E-state index in [1.165, 1.54) is 47.9 Å². The molecule has 0 amide bonds. The van der Waals surface area contributed by atoms with Crippen molar-refractivity contribution in [2.24, 2.45) is 5.92 Å². The van der Waals surface area contributed by atoms with Crippen LogP contribution < -0.4 is 0 Å². The Morgan fingerprint density at radius 1 is 1.33 bits per heavy atom. The lowest BCUT2D eigenvalue weighted by Crippen LogP contribution is -2.19. The van der Waals surface area contributed by atoms with Gasteiger partial charge in [-0.25, -0.2) is 0 Å². The molecule has 1 heteroatoms. The Morgan fingerprint density at radius 3 is 2.71 bits per heavy atom. The third-order valence-electron chi connectivity index (χ3n) is 5.00. The topological polar surface area (TPSA) is 20.2 Å². The highest BCUT2D eigenvalue weighted by Crippen LogP contribution is 2.47. The molecule has 0 radical (unpaired) electrons. The molecule has 116 valence electrons. The molecule has 1 aliphatic carbocycles. The van der Waals surface area contributed by atoms with Crippen LogP contribution in [0.5, 0.6) is 5.75 Å². The minimum absolute atomic E-state index is 0.488. The summed E-state index contributed by atoms with van der Waals surface area (Å²) in [6, 6.07) is 4.23. The van der Waals surface area contributed by atoms with E-state index in [0.29, 0.717) is 23.5 Å². The van der Waals surface area contributed by atoms with Crippen LogP contribution in [-0.2, 0) is 0 Å². The fourth-order valence-electron chi connectivity index (χ4n) is 3.81. The molecule has 21 heavy (non-hydrogen) atoms. The molecule has 1 nitrogen and oxygen atoms in total. The molecule has 2 rings (SSSR count). The molecule has 3 atom stereocenters. The van der Waals surface area contributed by atoms with Gasteiger partial charge >= 0.3 is 0 Å². The van der Waals surface area contributed by atoms with Crippen molar-refractivity contribution in [2.45, 2.75) is 72.1 Å². The first-order chi connectivity index (χ1) is 9.90. The van der Waals surface area contributed by atoms with Crippen molar-refractivity contribution in [3.05, 3.63) is 40.5 Å². The normalized spacial score (nSPS) is 22.5. The first kappa shape index (κ1) is 16.1. The van der Waals surface area contributed by atoms with Crippen molar-refractivity contribution in [3.63, 3.8) is 0 Å². The maximum Gasteiger partial charge on any atom is 0.119 e. The van der Waals surface area contributed by atoms with E-state index in [9.17, 15) is 5.11 Å². The van der Waals surface area contributed by atoms with Gasteiger partial charge in [0.05, 0.1) is 0 Å². The molecule has 0 saturated heterocycles. The number of phenols is 1. The Kier molecular flexibility index (Phi) is 5.13. The van der Waals surface area contributed by atoms with Crippen LogP contribution in [0.3, 0.4) is 0 Å². The molecule has 1 N–H and O–H groups in total. The van der Waals surface area contributed by atoms with Gasteiger partial charge in [-0.05, 0) is 81.4 Å². The zero-order valence-electron chi connectivity index (χ0n) is 14.2. The highest BCUT2D eigenvalue weighted by atomic mass is 16.3. The molecule has 0 aliphatic heterocycles. The van der Waals surface area contributed by atoms with Gasteiger partial charge in [0.15, 0.2) is 0 Å². The van der Waals surface area contributed by atoms with Gasteiger partial charge in [-0.2, -0.15) is 0 Å². The molecule has 1 aliphatic rings. The van der Waals surface area contributed by atoms with Gasteiger partial charge in [0.1, 0.15) is 5.75 Å². The van der Waals surface area contributed by atoms with Crippen LogP contribution in [0.15, 0.2) is 23.8 Å². The molecule has 1 aromatic carbocycles. The Hall–Kier alpha value is -1.24. The monoisotopic (exact) mass is 286 g/mol. The molecule has 0 aromatic heterocycles. The number of allylic oxidation sites excluding steroid dienone is 2. The SMILES string of the molecule is CC(C)=CCC[C@H](C)C1CC[C@@H](C)c2c(O)cc(C)cc21. The lowest BCUT2D eigenvalue weighted by atomic mass is 9.71. The Bertz CT molecular complexity index is 523. The number of phenolic OH excluding ortho intramolecular Hbond substituents is 1. The predicted octanol–water partition coefficient (Wildman–Crippen LogP) is 6.06. The summed E-state index contributed by atoms with van der Waals surface area (Å²) in [6.45, 7) is 11.1.